The van der Waals surface area contributed by atoms with E-state index in [2.05, 4.69) is 27.4 Å². The third kappa shape index (κ3) is 4.21. The van der Waals surface area contributed by atoms with Gasteiger partial charge in [0.25, 0.3) is 5.91 Å². The summed E-state index contributed by atoms with van der Waals surface area (Å²) in [6.07, 6.45) is -0.363. The highest BCUT2D eigenvalue weighted by Gasteiger charge is 2.25. The smallest absolute Gasteiger partial charge is 0.250 e. The van der Waals surface area contributed by atoms with Gasteiger partial charge in [-0.3, -0.25) is 9.69 Å². The van der Waals surface area contributed by atoms with Crippen molar-refractivity contribution in [2.75, 3.05) is 44.6 Å². The number of carbonyl (C=O) groups is 1. The second kappa shape index (κ2) is 8.08. The highest BCUT2D eigenvalue weighted by molar-refractivity contribution is 5.81. The Morgan fingerprint density at radius 1 is 1.29 bits per heavy atom. The van der Waals surface area contributed by atoms with Gasteiger partial charge >= 0.3 is 0 Å². The average molecular weight is 328 g/mol. The summed E-state index contributed by atoms with van der Waals surface area (Å²) >= 11 is 0. The minimum absolute atomic E-state index is 0.0404. The van der Waals surface area contributed by atoms with Crippen LogP contribution in [-0.2, 0) is 9.53 Å². The van der Waals surface area contributed by atoms with Crippen LogP contribution in [0.25, 0.3) is 10.9 Å². The van der Waals surface area contributed by atoms with Crippen LogP contribution in [0.15, 0.2) is 36.4 Å². The van der Waals surface area contributed by atoms with Crippen LogP contribution < -0.4 is 10.6 Å². The molecule has 2 aromatic rings. The third-order valence-electron chi connectivity index (χ3n) is 4.22. The Balaban J connectivity index is 1.43. The summed E-state index contributed by atoms with van der Waals surface area (Å²) in [7, 11) is 0. The van der Waals surface area contributed by atoms with E-state index in [1.165, 1.54) is 0 Å². The number of morpholine rings is 1. The first-order valence-electron chi connectivity index (χ1n) is 8.47. The number of hydrogen-bond donors (Lipinski definition) is 2. The van der Waals surface area contributed by atoms with E-state index in [0.29, 0.717) is 26.2 Å². The Hall–Kier alpha value is -2.18. The number of ether oxygens (including phenoxy) is 1. The summed E-state index contributed by atoms with van der Waals surface area (Å²) in [5, 5.41) is 7.28. The van der Waals surface area contributed by atoms with Gasteiger partial charge in [-0.15, -0.1) is 0 Å². The van der Waals surface area contributed by atoms with Crippen molar-refractivity contribution >= 4 is 22.6 Å². The van der Waals surface area contributed by atoms with Crippen LogP contribution in [-0.4, -0.2) is 61.2 Å². The lowest BCUT2D eigenvalue weighted by Gasteiger charge is -2.31. The van der Waals surface area contributed by atoms with Crippen LogP contribution >= 0.6 is 0 Å². The summed E-state index contributed by atoms with van der Waals surface area (Å²) < 4.78 is 5.55. The van der Waals surface area contributed by atoms with E-state index in [0.717, 1.165) is 29.8 Å². The van der Waals surface area contributed by atoms with E-state index < -0.39 is 0 Å². The Kier molecular flexibility index (Phi) is 5.61. The van der Waals surface area contributed by atoms with Gasteiger partial charge in [0.15, 0.2) is 0 Å². The molecule has 1 aliphatic rings. The SMILES string of the molecule is CCN1CCOC(C(=O)NCCNc2ccc3ccccc3n2)C1. The number of rotatable bonds is 6. The molecule has 1 saturated heterocycles. The molecule has 2 N–H and O–H groups in total. The first-order valence-corrected chi connectivity index (χ1v) is 8.47. The normalized spacial score (nSPS) is 18.5. The molecule has 6 nitrogen and oxygen atoms in total. The molecule has 0 aliphatic carbocycles. The number of benzene rings is 1. The molecule has 24 heavy (non-hydrogen) atoms. The number of carbonyl (C=O) groups excluding carboxylic acids is 1. The first kappa shape index (κ1) is 16.7. The summed E-state index contributed by atoms with van der Waals surface area (Å²) in [6, 6.07) is 12.0. The molecule has 3 rings (SSSR count). The van der Waals surface area contributed by atoms with Gasteiger partial charge in [-0.25, -0.2) is 4.98 Å². The quantitative estimate of drug-likeness (QED) is 0.787. The lowest BCUT2D eigenvalue weighted by Crippen LogP contribution is -2.50. The molecule has 2 heterocycles. The number of amides is 1. The van der Waals surface area contributed by atoms with Gasteiger partial charge in [0, 0.05) is 31.6 Å². The molecule has 0 spiro atoms. The van der Waals surface area contributed by atoms with Crippen LogP contribution in [0.4, 0.5) is 5.82 Å². The Morgan fingerprint density at radius 3 is 3.04 bits per heavy atom. The highest BCUT2D eigenvalue weighted by atomic mass is 16.5. The number of para-hydroxylation sites is 1. The van der Waals surface area contributed by atoms with Gasteiger partial charge in [-0.05, 0) is 24.7 Å². The van der Waals surface area contributed by atoms with Crippen LogP contribution in [0, 0.1) is 0 Å². The van der Waals surface area contributed by atoms with Crippen molar-refractivity contribution in [1.82, 2.24) is 15.2 Å². The van der Waals surface area contributed by atoms with Gasteiger partial charge in [0.1, 0.15) is 11.9 Å². The van der Waals surface area contributed by atoms with Crippen molar-refractivity contribution < 1.29 is 9.53 Å². The molecule has 0 bridgehead atoms. The number of nitrogens with zero attached hydrogens (tertiary/aromatic N) is 2. The number of pyridine rings is 1. The van der Waals surface area contributed by atoms with Crippen molar-refractivity contribution in [2.45, 2.75) is 13.0 Å². The largest absolute Gasteiger partial charge is 0.368 e. The molecular formula is C18H24N4O2. The molecule has 128 valence electrons. The fourth-order valence-corrected chi connectivity index (χ4v) is 2.80. The highest BCUT2D eigenvalue weighted by Crippen LogP contribution is 2.14. The molecule has 0 saturated carbocycles. The predicted molar refractivity (Wildman–Crippen MR) is 95.1 cm³/mol. The van der Waals surface area contributed by atoms with Crippen molar-refractivity contribution in [3.63, 3.8) is 0 Å². The first-order chi connectivity index (χ1) is 11.8. The van der Waals surface area contributed by atoms with E-state index >= 15 is 0 Å². The second-order valence-electron chi connectivity index (χ2n) is 5.86. The molecular weight excluding hydrogens is 304 g/mol. The number of likely N-dealkylation sites (N-methyl/N-ethyl adjacent to an activating group) is 1. The standard InChI is InChI=1S/C18H24N4O2/c1-2-22-11-12-24-16(13-22)18(23)20-10-9-19-17-8-7-14-5-3-4-6-15(14)21-17/h3-8,16H,2,9-13H2,1H3,(H,19,21)(H,20,23). The maximum atomic E-state index is 12.1. The van der Waals surface area contributed by atoms with E-state index in [-0.39, 0.29) is 12.0 Å². The second-order valence-corrected chi connectivity index (χ2v) is 5.86. The minimum Gasteiger partial charge on any atom is -0.368 e. The Morgan fingerprint density at radius 2 is 2.17 bits per heavy atom. The minimum atomic E-state index is -0.363. The number of aromatic nitrogens is 1. The molecule has 1 aliphatic heterocycles. The fraction of sp³-hybridized carbons (Fsp3) is 0.444. The molecule has 1 aromatic carbocycles. The third-order valence-corrected chi connectivity index (χ3v) is 4.22. The average Bonchev–Trinajstić information content (AvgIpc) is 2.65. The zero-order valence-electron chi connectivity index (χ0n) is 14.0. The van der Waals surface area contributed by atoms with Gasteiger partial charge < -0.3 is 15.4 Å². The van der Waals surface area contributed by atoms with Gasteiger partial charge in [0.05, 0.1) is 12.1 Å². The van der Waals surface area contributed by atoms with Crippen molar-refractivity contribution in [3.8, 4) is 0 Å². The molecule has 6 heteroatoms. The van der Waals surface area contributed by atoms with Crippen molar-refractivity contribution in [3.05, 3.63) is 36.4 Å². The van der Waals surface area contributed by atoms with Crippen LogP contribution in [0.5, 0.6) is 0 Å². The lowest BCUT2D eigenvalue weighted by molar-refractivity contribution is -0.138. The maximum Gasteiger partial charge on any atom is 0.250 e. The van der Waals surface area contributed by atoms with Gasteiger partial charge in [-0.1, -0.05) is 25.1 Å². The van der Waals surface area contributed by atoms with E-state index in [1.54, 1.807) is 0 Å². The number of hydrogen-bond acceptors (Lipinski definition) is 5. The molecule has 1 aromatic heterocycles. The van der Waals surface area contributed by atoms with E-state index in [4.69, 9.17) is 4.74 Å². The van der Waals surface area contributed by atoms with Gasteiger partial charge in [-0.2, -0.15) is 0 Å². The molecule has 1 amide bonds. The van der Waals surface area contributed by atoms with Crippen molar-refractivity contribution in [2.24, 2.45) is 0 Å². The molecule has 1 unspecified atom stereocenters. The summed E-state index contributed by atoms with van der Waals surface area (Å²) in [6.45, 7) is 6.40. The number of fused-ring (bicyclic) bond motifs is 1. The molecule has 1 atom stereocenters. The van der Waals surface area contributed by atoms with E-state index in [9.17, 15) is 4.79 Å². The van der Waals surface area contributed by atoms with Gasteiger partial charge in [0.2, 0.25) is 0 Å². The Labute approximate surface area is 142 Å². The fourth-order valence-electron chi connectivity index (χ4n) is 2.80. The lowest BCUT2D eigenvalue weighted by atomic mass is 10.2. The maximum absolute atomic E-state index is 12.1. The topological polar surface area (TPSA) is 66.5 Å². The van der Waals surface area contributed by atoms with E-state index in [1.807, 2.05) is 36.4 Å². The van der Waals surface area contributed by atoms with Crippen LogP contribution in [0.1, 0.15) is 6.92 Å². The molecule has 1 fully saturated rings. The van der Waals surface area contributed by atoms with Crippen LogP contribution in [0.3, 0.4) is 0 Å². The zero-order chi connectivity index (χ0) is 16.8. The number of nitrogens with one attached hydrogen (secondary N) is 2. The summed E-state index contributed by atoms with van der Waals surface area (Å²) in [5.74, 6) is 0.774. The predicted octanol–water partition coefficient (Wildman–Crippen LogP) is 1.48. The monoisotopic (exact) mass is 328 g/mol. The van der Waals surface area contributed by atoms with Crippen molar-refractivity contribution in [1.29, 1.82) is 0 Å². The van der Waals surface area contributed by atoms with Crippen LogP contribution in [0.2, 0.25) is 0 Å². The zero-order valence-corrected chi connectivity index (χ0v) is 14.0. The Bertz CT molecular complexity index is 692. The summed E-state index contributed by atoms with van der Waals surface area (Å²) in [5.41, 5.74) is 0.960. The summed E-state index contributed by atoms with van der Waals surface area (Å²) in [4.78, 5) is 18.9. The molecule has 0 radical (unpaired) electrons. The number of anilines is 1.